The highest BCUT2D eigenvalue weighted by Gasteiger charge is 2.61. The molecule has 2 heteroatoms. The molecule has 22 heavy (non-hydrogen) atoms. The molecule has 2 heterocycles. The van der Waals surface area contributed by atoms with Crippen LogP contribution in [0.4, 0.5) is 0 Å². The number of Topliss-reactive ketones (excluding diaryl/α,β-unsaturated/α-hetero) is 1. The molecule has 0 saturated carbocycles. The normalized spacial score (nSPS) is 47.0. The zero-order chi connectivity index (χ0) is 16.1. The van der Waals surface area contributed by atoms with Crippen LogP contribution in [0.3, 0.4) is 0 Å². The van der Waals surface area contributed by atoms with Crippen molar-refractivity contribution in [3.05, 3.63) is 36.0 Å². The van der Waals surface area contributed by atoms with E-state index in [0.717, 1.165) is 24.8 Å². The Morgan fingerprint density at radius 3 is 2.73 bits per heavy atom. The molecule has 1 fully saturated rings. The lowest BCUT2D eigenvalue weighted by Crippen LogP contribution is -2.37. The topological polar surface area (TPSA) is 26.3 Å². The number of hydrogen-bond donors (Lipinski definition) is 0. The van der Waals surface area contributed by atoms with Gasteiger partial charge in [0.2, 0.25) is 0 Å². The maximum Gasteiger partial charge on any atom is 0.136 e. The molecule has 0 unspecified atom stereocenters. The van der Waals surface area contributed by atoms with Gasteiger partial charge >= 0.3 is 0 Å². The fourth-order valence-corrected chi connectivity index (χ4v) is 4.52. The van der Waals surface area contributed by atoms with Gasteiger partial charge in [-0.2, -0.15) is 0 Å². The Morgan fingerprint density at radius 2 is 2.05 bits per heavy atom. The summed E-state index contributed by atoms with van der Waals surface area (Å²) in [6.45, 7) is 12.7. The van der Waals surface area contributed by atoms with Crippen LogP contribution in [0.25, 0.3) is 0 Å². The van der Waals surface area contributed by atoms with Crippen LogP contribution < -0.4 is 0 Å². The molecule has 2 aliphatic heterocycles. The van der Waals surface area contributed by atoms with Crippen molar-refractivity contribution in [1.82, 2.24) is 0 Å². The van der Waals surface area contributed by atoms with Gasteiger partial charge in [0.15, 0.2) is 0 Å². The minimum absolute atomic E-state index is 0.166. The Hall–Kier alpha value is -1.15. The fourth-order valence-electron chi connectivity index (χ4n) is 4.52. The molecule has 0 spiro atoms. The van der Waals surface area contributed by atoms with Crippen LogP contribution in [0.15, 0.2) is 36.0 Å². The maximum absolute atomic E-state index is 12.2. The van der Waals surface area contributed by atoms with Crippen LogP contribution in [0, 0.1) is 17.8 Å². The third kappa shape index (κ3) is 2.23. The first kappa shape index (κ1) is 15.7. The lowest BCUT2D eigenvalue weighted by atomic mass is 9.66. The summed E-state index contributed by atoms with van der Waals surface area (Å²) in [5, 5.41) is 0. The Labute approximate surface area is 134 Å². The van der Waals surface area contributed by atoms with Gasteiger partial charge in [0.1, 0.15) is 11.4 Å². The molecule has 0 aromatic heterocycles. The van der Waals surface area contributed by atoms with E-state index in [9.17, 15) is 4.79 Å². The van der Waals surface area contributed by atoms with Crippen molar-refractivity contribution >= 4 is 5.78 Å². The molecule has 2 nitrogen and oxygen atoms in total. The number of ketones is 1. The average Bonchev–Trinajstić information content (AvgIpc) is 2.93. The molecule has 5 atom stereocenters. The lowest BCUT2D eigenvalue weighted by Gasteiger charge is -2.35. The monoisotopic (exact) mass is 300 g/mol. The summed E-state index contributed by atoms with van der Waals surface area (Å²) in [7, 11) is 0. The van der Waals surface area contributed by atoms with Crippen LogP contribution in [0.2, 0.25) is 0 Å². The second-order valence-electron chi connectivity index (χ2n) is 7.78. The molecular weight excluding hydrogens is 272 g/mol. The smallest absolute Gasteiger partial charge is 0.136 e. The van der Waals surface area contributed by atoms with Gasteiger partial charge in [0.25, 0.3) is 0 Å². The van der Waals surface area contributed by atoms with E-state index in [0.29, 0.717) is 24.0 Å². The number of carbonyl (C=O) groups is 1. The van der Waals surface area contributed by atoms with Gasteiger partial charge in [-0.25, -0.2) is 0 Å². The Balaban J connectivity index is 2.02. The predicted molar refractivity (Wildman–Crippen MR) is 89.6 cm³/mol. The fraction of sp³-hybridized carbons (Fsp3) is 0.650. The number of fused-ring (bicyclic) bond motifs is 5. The molecule has 0 amide bonds. The van der Waals surface area contributed by atoms with Crippen LogP contribution in [-0.4, -0.2) is 17.0 Å². The van der Waals surface area contributed by atoms with E-state index in [1.54, 1.807) is 0 Å². The summed E-state index contributed by atoms with van der Waals surface area (Å²) in [4.78, 5) is 12.2. The maximum atomic E-state index is 12.2. The summed E-state index contributed by atoms with van der Waals surface area (Å²) in [6, 6.07) is 0. The second kappa shape index (κ2) is 5.19. The first-order valence-corrected chi connectivity index (χ1v) is 8.55. The van der Waals surface area contributed by atoms with E-state index < -0.39 is 0 Å². The Morgan fingerprint density at radius 1 is 1.32 bits per heavy atom. The van der Waals surface area contributed by atoms with Crippen molar-refractivity contribution < 1.29 is 9.53 Å². The summed E-state index contributed by atoms with van der Waals surface area (Å²) in [5.74, 6) is 1.35. The van der Waals surface area contributed by atoms with E-state index in [4.69, 9.17) is 4.74 Å². The predicted octanol–water partition coefficient (Wildman–Crippen LogP) is 4.62. The van der Waals surface area contributed by atoms with Gasteiger partial charge in [0, 0.05) is 24.2 Å². The van der Waals surface area contributed by atoms with E-state index in [1.165, 1.54) is 5.57 Å². The molecule has 1 aliphatic carbocycles. The van der Waals surface area contributed by atoms with Crippen molar-refractivity contribution in [2.75, 3.05) is 0 Å². The number of rotatable bonds is 1. The third-order valence-electron chi connectivity index (χ3n) is 6.07. The lowest BCUT2D eigenvalue weighted by molar-refractivity contribution is -0.122. The summed E-state index contributed by atoms with van der Waals surface area (Å²) in [5.41, 5.74) is 1.84. The van der Waals surface area contributed by atoms with Crippen molar-refractivity contribution in [2.45, 2.75) is 64.6 Å². The first-order valence-electron chi connectivity index (χ1n) is 8.55. The van der Waals surface area contributed by atoms with Crippen LogP contribution in [-0.2, 0) is 9.53 Å². The zero-order valence-corrected chi connectivity index (χ0v) is 14.3. The largest absolute Gasteiger partial charge is 0.355 e. The molecule has 2 bridgehead atoms. The minimum atomic E-state index is -0.340. The van der Waals surface area contributed by atoms with Crippen molar-refractivity contribution in [3.63, 3.8) is 0 Å². The van der Waals surface area contributed by atoms with Gasteiger partial charge in [-0.3, -0.25) is 4.79 Å². The molecule has 3 aliphatic rings. The minimum Gasteiger partial charge on any atom is -0.355 e. The molecule has 120 valence electrons. The van der Waals surface area contributed by atoms with Crippen molar-refractivity contribution in [2.24, 2.45) is 17.8 Å². The molecule has 0 radical (unpaired) electrons. The summed E-state index contributed by atoms with van der Waals surface area (Å²) < 4.78 is 6.52. The first-order chi connectivity index (χ1) is 10.3. The highest BCUT2D eigenvalue weighted by molar-refractivity contribution is 5.80. The average molecular weight is 300 g/mol. The van der Waals surface area contributed by atoms with E-state index >= 15 is 0 Å². The highest BCUT2D eigenvalue weighted by atomic mass is 16.5. The molecule has 3 rings (SSSR count). The number of ether oxygens (including phenoxy) is 1. The number of carbonyl (C=O) groups excluding carboxylic acids is 1. The zero-order valence-electron chi connectivity index (χ0n) is 14.3. The van der Waals surface area contributed by atoms with Gasteiger partial charge in [0.05, 0.1) is 5.60 Å². The van der Waals surface area contributed by atoms with Gasteiger partial charge in [-0.15, -0.1) is 0 Å². The highest BCUT2D eigenvalue weighted by Crippen LogP contribution is 2.58. The third-order valence-corrected chi connectivity index (χ3v) is 6.07. The molecule has 1 saturated heterocycles. The van der Waals surface area contributed by atoms with E-state index in [1.807, 2.05) is 0 Å². The molecular formula is C20H28O2. The van der Waals surface area contributed by atoms with Gasteiger partial charge < -0.3 is 4.74 Å². The second-order valence-corrected chi connectivity index (χ2v) is 7.78. The standard InChI is InChI=1S/C20H28O2/c1-13(2)20-11-10-19(5,22-20)16-8-7-15(4)18(21)9-6-14(3)12-17(16)20/h10-12,15-17H,1,6-9H2,2-5H3/b14-12+/t15-,16-,17+,19-,20-/m1/s1. The van der Waals surface area contributed by atoms with Gasteiger partial charge in [-0.1, -0.05) is 31.2 Å². The Kier molecular flexibility index (Phi) is 3.71. The molecule has 0 N–H and O–H groups in total. The van der Waals surface area contributed by atoms with Crippen molar-refractivity contribution in [1.29, 1.82) is 0 Å². The quantitative estimate of drug-likeness (QED) is 0.661. The summed E-state index contributed by atoms with van der Waals surface area (Å²) >= 11 is 0. The number of hydrogen-bond acceptors (Lipinski definition) is 2. The van der Waals surface area contributed by atoms with Gasteiger partial charge in [-0.05, 0) is 51.7 Å². The molecule has 0 aromatic carbocycles. The van der Waals surface area contributed by atoms with Crippen LogP contribution in [0.5, 0.6) is 0 Å². The van der Waals surface area contributed by atoms with Crippen LogP contribution in [0.1, 0.15) is 53.4 Å². The summed E-state index contributed by atoms with van der Waals surface area (Å²) in [6.07, 6.45) is 10.4. The SMILES string of the molecule is C=C(C)[C@@]12C=C[C@@](C)(O1)[C@@H]1CC[C@@H](C)C(=O)CC/C(C)=C/[C@@H]12. The van der Waals surface area contributed by atoms with Crippen LogP contribution >= 0.6 is 0 Å². The van der Waals surface area contributed by atoms with E-state index in [-0.39, 0.29) is 17.1 Å². The Bertz CT molecular complexity index is 570. The number of allylic oxidation sites excluding steroid dienone is 1. The van der Waals surface area contributed by atoms with E-state index in [2.05, 4.69) is 52.5 Å². The van der Waals surface area contributed by atoms with Crippen molar-refractivity contribution in [3.8, 4) is 0 Å². The molecule has 0 aromatic rings.